The van der Waals surface area contributed by atoms with Crippen molar-refractivity contribution in [1.82, 2.24) is 0 Å². The molecule has 6 heteroatoms. The molecule has 0 aromatic heterocycles. The van der Waals surface area contributed by atoms with Gasteiger partial charge in [0.2, 0.25) is 0 Å². The van der Waals surface area contributed by atoms with E-state index in [9.17, 15) is 0 Å². The van der Waals surface area contributed by atoms with E-state index in [-0.39, 0.29) is 44.1 Å². The van der Waals surface area contributed by atoms with E-state index in [0.717, 1.165) is 0 Å². The fraction of sp³-hybridized carbons (Fsp3) is 0. The molecule has 0 heterocycles. The minimum absolute atomic E-state index is 0. The van der Waals surface area contributed by atoms with Crippen LogP contribution in [0, 0.1) is 44.1 Å². The first kappa shape index (κ1) is 10.5. The standard InChI is InChI=1S/Ac.H3O4P/c;1-5(2,3)4/h;(H3,1,2,3,4)/p-3. The Morgan fingerprint density at radius 1 is 1.17 bits per heavy atom. The van der Waals surface area contributed by atoms with Gasteiger partial charge in [0.05, 0.1) is 0 Å². The first-order valence-corrected chi connectivity index (χ1v) is 2.19. The van der Waals surface area contributed by atoms with E-state index in [0.29, 0.717) is 0 Å². The molecule has 0 spiro atoms. The zero-order chi connectivity index (χ0) is 4.50. The van der Waals surface area contributed by atoms with E-state index in [1.807, 2.05) is 0 Å². The third-order valence-corrected chi connectivity index (χ3v) is 0. The van der Waals surface area contributed by atoms with Crippen LogP contribution in [0.15, 0.2) is 0 Å². The Hall–Kier alpha value is 1.55. The largest absolute Gasteiger partial charge is 0.822 e. The summed E-state index contributed by atoms with van der Waals surface area (Å²) in [4.78, 5) is 25.6. The molecule has 0 atom stereocenters. The summed E-state index contributed by atoms with van der Waals surface area (Å²) < 4.78 is 8.55. The summed E-state index contributed by atoms with van der Waals surface area (Å²) in [6, 6.07) is 0. The van der Waals surface area contributed by atoms with Gasteiger partial charge in [-0.1, -0.05) is 0 Å². The predicted octanol–water partition coefficient (Wildman–Crippen LogP) is -2.82. The topological polar surface area (TPSA) is 86.2 Å². The second-order valence-corrected chi connectivity index (χ2v) is 1.34. The zero-order valence-electron chi connectivity index (χ0n) is 2.66. The molecule has 0 saturated carbocycles. The van der Waals surface area contributed by atoms with E-state index < -0.39 is 7.82 Å². The van der Waals surface area contributed by atoms with E-state index in [1.54, 1.807) is 0 Å². The zero-order valence-corrected chi connectivity index (χ0v) is 8.30. The molecular weight excluding hydrogens is 322 g/mol. The molecule has 4 nitrogen and oxygen atoms in total. The summed E-state index contributed by atoms with van der Waals surface area (Å²) in [7, 11) is -5.39. The molecule has 0 unspecified atom stereocenters. The Bertz CT molecular complexity index is 53.7. The summed E-state index contributed by atoms with van der Waals surface area (Å²) in [5.74, 6) is 0. The van der Waals surface area contributed by atoms with Gasteiger partial charge in [0.1, 0.15) is 0 Å². The van der Waals surface area contributed by atoms with Crippen molar-refractivity contribution in [2.45, 2.75) is 0 Å². The normalized spacial score (nSPS) is 9.83. The van der Waals surface area contributed by atoms with Crippen molar-refractivity contribution in [1.29, 1.82) is 0 Å². The molecule has 0 rings (SSSR count). The van der Waals surface area contributed by atoms with Gasteiger partial charge in [-0.3, -0.25) is 0 Å². The molecule has 35 valence electrons. The second kappa shape index (κ2) is 3.54. The van der Waals surface area contributed by atoms with Crippen molar-refractivity contribution >= 4 is 7.82 Å². The SMILES string of the molecule is O=P([O-])([O-])[O-].[Ac]. The summed E-state index contributed by atoms with van der Waals surface area (Å²) in [6.07, 6.45) is 0. The number of phosphoric acid groups is 1. The van der Waals surface area contributed by atoms with E-state index >= 15 is 0 Å². The smallest absolute Gasteiger partial charge is 0 e. The van der Waals surface area contributed by atoms with E-state index in [2.05, 4.69) is 0 Å². The van der Waals surface area contributed by atoms with Crippen LogP contribution in [0.2, 0.25) is 0 Å². The van der Waals surface area contributed by atoms with E-state index in [1.165, 1.54) is 0 Å². The summed E-state index contributed by atoms with van der Waals surface area (Å²) >= 11 is 0. The van der Waals surface area contributed by atoms with Crippen LogP contribution >= 0.6 is 7.82 Å². The molecule has 0 aliphatic heterocycles. The molecule has 0 amide bonds. The van der Waals surface area contributed by atoms with Crippen LogP contribution in [0.25, 0.3) is 0 Å². The number of hydrogen-bond donors (Lipinski definition) is 0. The molecule has 0 aromatic rings. The van der Waals surface area contributed by atoms with Gasteiger partial charge in [0.15, 0.2) is 0 Å². The molecule has 0 aliphatic carbocycles. The minimum atomic E-state index is -5.39. The van der Waals surface area contributed by atoms with Gasteiger partial charge in [0, 0.05) is 44.1 Å². The Balaban J connectivity index is 0. The third kappa shape index (κ3) is 47.8. The van der Waals surface area contributed by atoms with Crippen LogP contribution in [0.5, 0.6) is 0 Å². The second-order valence-electron chi connectivity index (χ2n) is 0.447. The first-order chi connectivity index (χ1) is 2.00. The monoisotopic (exact) mass is 322 g/mol. The molecule has 0 aromatic carbocycles. The molecule has 1 radical (unpaired) electrons. The van der Waals surface area contributed by atoms with Gasteiger partial charge in [-0.25, -0.2) is 0 Å². The molecule has 6 heavy (non-hydrogen) atoms. The van der Waals surface area contributed by atoms with Crippen LogP contribution in [0.3, 0.4) is 0 Å². The van der Waals surface area contributed by atoms with Crippen molar-refractivity contribution in [2.24, 2.45) is 0 Å². The molecule has 0 N–H and O–H groups in total. The number of hydrogen-bond acceptors (Lipinski definition) is 4. The maximum atomic E-state index is 8.55. The fourth-order valence-electron chi connectivity index (χ4n) is 0. The van der Waals surface area contributed by atoms with Gasteiger partial charge in [-0.2, -0.15) is 7.82 Å². The van der Waals surface area contributed by atoms with Gasteiger partial charge in [-0.15, -0.1) is 0 Å². The predicted molar refractivity (Wildman–Crippen MR) is 7.61 cm³/mol. The van der Waals surface area contributed by atoms with Crippen molar-refractivity contribution < 1.29 is 63.3 Å². The average molecular weight is 322 g/mol. The quantitative estimate of drug-likeness (QED) is 0.450. The Morgan fingerprint density at radius 3 is 1.17 bits per heavy atom. The average Bonchev–Trinajstić information content (AvgIpc) is 0.722. The van der Waals surface area contributed by atoms with Crippen LogP contribution < -0.4 is 14.7 Å². The molecular formula is AcO4P-3. The first-order valence-electron chi connectivity index (χ1n) is 0.730. The van der Waals surface area contributed by atoms with Gasteiger partial charge < -0.3 is 19.2 Å². The van der Waals surface area contributed by atoms with Crippen LogP contribution in [-0.4, -0.2) is 0 Å². The van der Waals surface area contributed by atoms with Crippen molar-refractivity contribution in [3.63, 3.8) is 0 Å². The summed E-state index contributed by atoms with van der Waals surface area (Å²) in [6.45, 7) is 0. The van der Waals surface area contributed by atoms with Crippen LogP contribution in [-0.2, 0) is 4.57 Å². The van der Waals surface area contributed by atoms with Crippen molar-refractivity contribution in [2.75, 3.05) is 0 Å². The van der Waals surface area contributed by atoms with Crippen molar-refractivity contribution in [3.8, 4) is 0 Å². The third-order valence-electron chi connectivity index (χ3n) is 0. The maximum absolute atomic E-state index is 8.55. The summed E-state index contributed by atoms with van der Waals surface area (Å²) in [5.41, 5.74) is 0. The minimum Gasteiger partial charge on any atom is -0.822 e. The molecule has 0 saturated heterocycles. The van der Waals surface area contributed by atoms with E-state index in [4.69, 9.17) is 19.2 Å². The summed E-state index contributed by atoms with van der Waals surface area (Å²) in [5, 5.41) is 0. The Labute approximate surface area is 70.4 Å². The molecule has 0 fully saturated rings. The van der Waals surface area contributed by atoms with Crippen LogP contribution in [0.1, 0.15) is 0 Å². The molecule has 0 aliphatic rings. The maximum Gasteiger partial charge on any atom is 0 e. The van der Waals surface area contributed by atoms with Gasteiger partial charge in [-0.05, 0) is 0 Å². The van der Waals surface area contributed by atoms with Gasteiger partial charge >= 0.3 is 0 Å². The Kier molecular flexibility index (Phi) is 6.21. The molecule has 0 bridgehead atoms. The number of rotatable bonds is 0. The van der Waals surface area contributed by atoms with Crippen LogP contribution in [0.4, 0.5) is 0 Å². The Morgan fingerprint density at radius 2 is 1.17 bits per heavy atom. The fourth-order valence-corrected chi connectivity index (χ4v) is 0. The van der Waals surface area contributed by atoms with Gasteiger partial charge in [0.25, 0.3) is 0 Å². The van der Waals surface area contributed by atoms with Crippen molar-refractivity contribution in [3.05, 3.63) is 0 Å².